The number of rotatable bonds is 10. The molecule has 202 valence electrons. The zero-order chi connectivity index (χ0) is 28.0. The summed E-state index contributed by atoms with van der Waals surface area (Å²) >= 11 is 0. The molecule has 0 atom stereocenters. The predicted molar refractivity (Wildman–Crippen MR) is 149 cm³/mol. The molecule has 1 heterocycles. The summed E-state index contributed by atoms with van der Waals surface area (Å²) in [5, 5.41) is 12.3. The van der Waals surface area contributed by atoms with Crippen molar-refractivity contribution in [2.75, 3.05) is 41.9 Å². The highest BCUT2D eigenvalue weighted by Gasteiger charge is 2.24. The molecule has 2 N–H and O–H groups in total. The maximum absolute atomic E-state index is 13.6. The number of ether oxygens (including phenoxy) is 3. The van der Waals surface area contributed by atoms with Gasteiger partial charge in [0.2, 0.25) is 6.79 Å². The predicted octanol–water partition coefficient (Wildman–Crippen LogP) is 4.62. The molecule has 1 amide bonds. The van der Waals surface area contributed by atoms with Gasteiger partial charge in [0.25, 0.3) is 15.9 Å². The number of para-hydroxylation sites is 2. The van der Waals surface area contributed by atoms with Gasteiger partial charge in [-0.05, 0) is 68.0 Å². The topological polar surface area (TPSA) is 130 Å². The molecule has 0 aromatic heterocycles. The van der Waals surface area contributed by atoms with Crippen LogP contribution in [0.25, 0.3) is 6.08 Å². The van der Waals surface area contributed by atoms with Crippen LogP contribution in [0, 0.1) is 11.3 Å². The minimum Gasteiger partial charge on any atom is -0.495 e. The number of methoxy groups -OCH3 is 1. The van der Waals surface area contributed by atoms with E-state index in [1.165, 1.54) is 19.3 Å². The van der Waals surface area contributed by atoms with E-state index in [1.807, 2.05) is 24.8 Å². The fraction of sp³-hybridized carbons (Fsp3) is 0.214. The minimum atomic E-state index is -4.11. The first-order valence-electron chi connectivity index (χ1n) is 12.2. The third-order valence-corrected chi connectivity index (χ3v) is 7.43. The molecule has 0 saturated carbocycles. The van der Waals surface area contributed by atoms with Crippen LogP contribution in [0.5, 0.6) is 17.2 Å². The van der Waals surface area contributed by atoms with E-state index >= 15 is 0 Å². The Hall–Kier alpha value is -4.69. The smallest absolute Gasteiger partial charge is 0.266 e. The summed E-state index contributed by atoms with van der Waals surface area (Å²) in [7, 11) is -2.66. The highest BCUT2D eigenvalue weighted by atomic mass is 32.2. The number of sulfonamides is 1. The molecule has 3 aromatic carbocycles. The summed E-state index contributed by atoms with van der Waals surface area (Å²) in [5.41, 5.74) is 1.36. The van der Waals surface area contributed by atoms with Gasteiger partial charge in [-0.3, -0.25) is 9.52 Å². The Bertz CT molecular complexity index is 1560. The van der Waals surface area contributed by atoms with Crippen LogP contribution in [0.3, 0.4) is 0 Å². The van der Waals surface area contributed by atoms with E-state index < -0.39 is 15.9 Å². The Kier molecular flexibility index (Phi) is 8.27. The zero-order valence-electron chi connectivity index (χ0n) is 21.7. The highest BCUT2D eigenvalue weighted by Crippen LogP contribution is 2.34. The number of carbonyl (C=O) groups excluding carboxylic acids is 1. The summed E-state index contributed by atoms with van der Waals surface area (Å²) in [6.45, 7) is 5.08. The number of nitrogens with one attached hydrogen (secondary N) is 2. The number of nitrogens with zero attached hydrogens (tertiary/aromatic N) is 2. The van der Waals surface area contributed by atoms with E-state index in [2.05, 4.69) is 10.0 Å². The van der Waals surface area contributed by atoms with Gasteiger partial charge in [-0.15, -0.1) is 0 Å². The molecule has 1 aliphatic rings. The second kappa shape index (κ2) is 11.8. The normalized spacial score (nSPS) is 12.4. The standard InChI is InChI=1S/C28H28N4O6S/c1-4-32(5-2)23-12-11-21(16-27(23)39(34,35)31-22-8-6-7-9-24(22)36-3)30-28(33)20(17-29)14-19-10-13-25-26(15-19)38-18-37-25/h6-16,31H,4-5,18H2,1-3H3,(H,30,33)/b20-14+. The Morgan fingerprint density at radius 3 is 2.54 bits per heavy atom. The third kappa shape index (κ3) is 6.08. The van der Waals surface area contributed by atoms with Crippen molar-refractivity contribution >= 4 is 39.1 Å². The quantitative estimate of drug-likeness (QED) is 0.277. The van der Waals surface area contributed by atoms with Gasteiger partial charge in [-0.25, -0.2) is 8.42 Å². The maximum Gasteiger partial charge on any atom is 0.266 e. The number of nitriles is 1. The Morgan fingerprint density at radius 1 is 1.08 bits per heavy atom. The minimum absolute atomic E-state index is 0.0341. The number of benzene rings is 3. The van der Waals surface area contributed by atoms with E-state index in [0.29, 0.717) is 41.6 Å². The van der Waals surface area contributed by atoms with Crippen LogP contribution < -0.4 is 29.1 Å². The molecule has 0 fully saturated rings. The summed E-state index contributed by atoms with van der Waals surface area (Å²) in [6, 6.07) is 18.2. The molecule has 4 rings (SSSR count). The largest absolute Gasteiger partial charge is 0.495 e. The summed E-state index contributed by atoms with van der Waals surface area (Å²) in [4.78, 5) is 14.9. The Morgan fingerprint density at radius 2 is 1.82 bits per heavy atom. The lowest BCUT2D eigenvalue weighted by Crippen LogP contribution is -2.26. The van der Waals surface area contributed by atoms with Crippen molar-refractivity contribution in [3.05, 3.63) is 71.8 Å². The first-order chi connectivity index (χ1) is 18.8. The molecule has 0 spiro atoms. The van der Waals surface area contributed by atoms with Crippen molar-refractivity contribution in [1.82, 2.24) is 0 Å². The average molecular weight is 549 g/mol. The van der Waals surface area contributed by atoms with Crippen LogP contribution in [-0.4, -0.2) is 41.3 Å². The van der Waals surface area contributed by atoms with Gasteiger partial charge in [-0.2, -0.15) is 5.26 Å². The van der Waals surface area contributed by atoms with Gasteiger partial charge in [0.05, 0.1) is 18.5 Å². The van der Waals surface area contributed by atoms with Crippen LogP contribution in [0.2, 0.25) is 0 Å². The maximum atomic E-state index is 13.6. The van der Waals surface area contributed by atoms with Crippen molar-refractivity contribution in [1.29, 1.82) is 5.26 Å². The fourth-order valence-electron chi connectivity index (χ4n) is 4.08. The van der Waals surface area contributed by atoms with Gasteiger partial charge in [-0.1, -0.05) is 18.2 Å². The van der Waals surface area contributed by atoms with Gasteiger partial charge in [0, 0.05) is 18.8 Å². The van der Waals surface area contributed by atoms with Gasteiger partial charge in [0.15, 0.2) is 11.5 Å². The van der Waals surface area contributed by atoms with Crippen molar-refractivity contribution in [3.63, 3.8) is 0 Å². The number of carbonyl (C=O) groups is 1. The molecule has 0 radical (unpaired) electrons. The molecule has 0 aliphatic carbocycles. The molecule has 39 heavy (non-hydrogen) atoms. The van der Waals surface area contributed by atoms with Crippen molar-refractivity contribution in [3.8, 4) is 23.3 Å². The summed E-state index contributed by atoms with van der Waals surface area (Å²) in [6.07, 6.45) is 1.42. The van der Waals surface area contributed by atoms with Gasteiger partial charge < -0.3 is 24.4 Å². The van der Waals surface area contributed by atoms with E-state index in [0.717, 1.165) is 0 Å². The average Bonchev–Trinajstić information content (AvgIpc) is 3.41. The molecule has 0 saturated heterocycles. The van der Waals surface area contributed by atoms with Gasteiger partial charge >= 0.3 is 0 Å². The third-order valence-electron chi connectivity index (χ3n) is 6.04. The lowest BCUT2D eigenvalue weighted by Gasteiger charge is -2.25. The summed E-state index contributed by atoms with van der Waals surface area (Å²) in [5.74, 6) is 0.777. The first kappa shape index (κ1) is 27.3. The van der Waals surface area contributed by atoms with Crippen molar-refractivity contribution in [2.45, 2.75) is 18.7 Å². The SMILES string of the molecule is CCN(CC)c1ccc(NC(=O)/C(C#N)=C/c2ccc3c(c2)OCO3)cc1S(=O)(=O)Nc1ccccc1OC. The number of fused-ring (bicyclic) bond motifs is 1. The monoisotopic (exact) mass is 548 g/mol. The second-order valence-electron chi connectivity index (χ2n) is 8.40. The van der Waals surface area contributed by atoms with Crippen LogP contribution in [-0.2, 0) is 14.8 Å². The molecule has 11 heteroatoms. The van der Waals surface area contributed by atoms with Crippen LogP contribution in [0.15, 0.2) is 71.1 Å². The van der Waals surface area contributed by atoms with Crippen LogP contribution >= 0.6 is 0 Å². The number of hydrogen-bond donors (Lipinski definition) is 2. The van der Waals surface area contributed by atoms with Crippen molar-refractivity contribution in [2.24, 2.45) is 0 Å². The van der Waals surface area contributed by atoms with Crippen LogP contribution in [0.4, 0.5) is 17.1 Å². The van der Waals surface area contributed by atoms with Crippen LogP contribution in [0.1, 0.15) is 19.4 Å². The number of hydrogen-bond acceptors (Lipinski definition) is 8. The van der Waals surface area contributed by atoms with E-state index in [1.54, 1.807) is 54.6 Å². The fourth-order valence-corrected chi connectivity index (χ4v) is 5.40. The lowest BCUT2D eigenvalue weighted by molar-refractivity contribution is -0.112. The molecular formula is C28H28N4O6S. The number of anilines is 3. The van der Waals surface area contributed by atoms with Crippen molar-refractivity contribution < 1.29 is 27.4 Å². The summed E-state index contributed by atoms with van der Waals surface area (Å²) < 4.78 is 45.7. The molecule has 1 aliphatic heterocycles. The van der Waals surface area contributed by atoms with E-state index in [4.69, 9.17) is 14.2 Å². The zero-order valence-corrected chi connectivity index (χ0v) is 22.5. The molecule has 0 unspecified atom stereocenters. The molecule has 0 bridgehead atoms. The van der Waals surface area contributed by atoms with Gasteiger partial charge in [0.1, 0.15) is 22.3 Å². The molecule has 3 aromatic rings. The Balaban J connectivity index is 1.66. The Labute approximate surface area is 227 Å². The lowest BCUT2D eigenvalue weighted by atomic mass is 10.1. The number of amides is 1. The first-order valence-corrected chi connectivity index (χ1v) is 13.7. The molecular weight excluding hydrogens is 520 g/mol. The second-order valence-corrected chi connectivity index (χ2v) is 10.0. The van der Waals surface area contributed by atoms with E-state index in [9.17, 15) is 18.5 Å². The molecule has 10 nitrogen and oxygen atoms in total. The van der Waals surface area contributed by atoms with E-state index in [-0.39, 0.29) is 28.6 Å². The highest BCUT2D eigenvalue weighted by molar-refractivity contribution is 7.93.